The standard InChI is InChI=1S/C25H22N2O8/c26-7-8-33-20(11-27)21-14(23(30)31)3-6-17-22(21)24(32)35-25(17)15-4-1-12(28)9-18(15)34-19-10-13(29)2-5-16(19)25/h1-6,9-10,20,28-29H,7-8,11,26-27H2,(H,30,31). The highest BCUT2D eigenvalue weighted by molar-refractivity contribution is 6.02. The van der Waals surface area contributed by atoms with Gasteiger partial charge in [-0.1, -0.05) is 6.07 Å². The average molecular weight is 478 g/mol. The van der Waals surface area contributed by atoms with Gasteiger partial charge in [0.1, 0.15) is 23.0 Å². The molecule has 35 heavy (non-hydrogen) atoms. The van der Waals surface area contributed by atoms with Gasteiger partial charge in [0.25, 0.3) is 0 Å². The van der Waals surface area contributed by atoms with Crippen LogP contribution in [0.3, 0.4) is 0 Å². The van der Waals surface area contributed by atoms with Gasteiger partial charge in [-0.15, -0.1) is 0 Å². The Morgan fingerprint density at radius 2 is 1.57 bits per heavy atom. The Bertz CT molecular complexity index is 1320. The number of phenols is 2. The number of nitrogens with two attached hydrogens (primary N) is 2. The third kappa shape index (κ3) is 3.30. The zero-order chi connectivity index (χ0) is 24.9. The summed E-state index contributed by atoms with van der Waals surface area (Å²) in [5, 5.41) is 30.0. The number of aromatic hydroxyl groups is 2. The van der Waals surface area contributed by atoms with Gasteiger partial charge in [0, 0.05) is 47.5 Å². The molecule has 10 nitrogen and oxygen atoms in total. The zero-order valence-electron chi connectivity index (χ0n) is 18.4. The van der Waals surface area contributed by atoms with Gasteiger partial charge >= 0.3 is 11.9 Å². The van der Waals surface area contributed by atoms with Crippen LogP contribution in [0.25, 0.3) is 0 Å². The molecule has 0 aliphatic carbocycles. The van der Waals surface area contributed by atoms with Crippen LogP contribution >= 0.6 is 0 Å². The molecule has 2 heterocycles. The number of rotatable bonds is 6. The second-order valence-corrected chi connectivity index (χ2v) is 8.17. The van der Waals surface area contributed by atoms with Crippen molar-refractivity contribution >= 4 is 11.9 Å². The molecule has 0 amide bonds. The Morgan fingerprint density at radius 3 is 2.11 bits per heavy atom. The van der Waals surface area contributed by atoms with Gasteiger partial charge in [-0.05, 0) is 30.3 Å². The van der Waals surface area contributed by atoms with Gasteiger partial charge in [-0.25, -0.2) is 9.59 Å². The lowest BCUT2D eigenvalue weighted by Crippen LogP contribution is -2.33. The Morgan fingerprint density at radius 1 is 0.971 bits per heavy atom. The smallest absolute Gasteiger partial charge is 0.340 e. The molecular weight excluding hydrogens is 456 g/mol. The first-order chi connectivity index (χ1) is 16.8. The van der Waals surface area contributed by atoms with Crippen molar-refractivity contribution in [2.24, 2.45) is 11.5 Å². The number of fused-ring (bicyclic) bond motifs is 6. The van der Waals surface area contributed by atoms with Crippen LogP contribution in [0.15, 0.2) is 48.5 Å². The van der Waals surface area contributed by atoms with E-state index >= 15 is 0 Å². The first-order valence-electron chi connectivity index (χ1n) is 10.8. The molecule has 0 radical (unpaired) electrons. The van der Waals surface area contributed by atoms with E-state index in [0.717, 1.165) is 0 Å². The number of carboxylic acid groups (broad SMARTS) is 1. The third-order valence-electron chi connectivity index (χ3n) is 6.19. The molecule has 180 valence electrons. The quantitative estimate of drug-likeness (QED) is 0.331. The fraction of sp³-hybridized carbons (Fsp3) is 0.200. The van der Waals surface area contributed by atoms with E-state index in [1.54, 1.807) is 12.1 Å². The Balaban J connectivity index is 1.85. The molecule has 0 aromatic heterocycles. The second kappa shape index (κ2) is 8.27. The number of phenolic OH excluding ortho intramolecular Hbond substituents is 2. The molecule has 1 atom stereocenters. The number of ether oxygens (including phenoxy) is 3. The number of benzene rings is 3. The van der Waals surface area contributed by atoms with E-state index < -0.39 is 23.6 Å². The highest BCUT2D eigenvalue weighted by Crippen LogP contribution is 2.58. The second-order valence-electron chi connectivity index (χ2n) is 8.17. The van der Waals surface area contributed by atoms with Crippen molar-refractivity contribution in [2.75, 3.05) is 19.7 Å². The summed E-state index contributed by atoms with van der Waals surface area (Å²) in [6.07, 6.45) is -0.930. The van der Waals surface area contributed by atoms with Gasteiger partial charge in [0.2, 0.25) is 0 Å². The number of aromatic carboxylic acids is 1. The van der Waals surface area contributed by atoms with Crippen molar-refractivity contribution in [2.45, 2.75) is 11.7 Å². The van der Waals surface area contributed by atoms with Crippen molar-refractivity contribution in [3.05, 3.63) is 81.9 Å². The van der Waals surface area contributed by atoms with Gasteiger partial charge in [0.15, 0.2) is 5.60 Å². The van der Waals surface area contributed by atoms with E-state index in [0.29, 0.717) is 16.7 Å². The number of hydrogen-bond acceptors (Lipinski definition) is 9. The van der Waals surface area contributed by atoms with Gasteiger partial charge in [-0.2, -0.15) is 0 Å². The van der Waals surface area contributed by atoms with E-state index in [9.17, 15) is 24.9 Å². The molecule has 2 aliphatic rings. The number of hydrogen-bond donors (Lipinski definition) is 5. The highest BCUT2D eigenvalue weighted by Gasteiger charge is 2.55. The molecule has 10 heteroatoms. The molecule has 1 unspecified atom stereocenters. The van der Waals surface area contributed by atoms with Crippen LogP contribution in [0, 0.1) is 0 Å². The van der Waals surface area contributed by atoms with Crippen LogP contribution in [0.1, 0.15) is 49.1 Å². The highest BCUT2D eigenvalue weighted by atomic mass is 16.6. The van der Waals surface area contributed by atoms with Crippen LogP contribution in [0.2, 0.25) is 0 Å². The van der Waals surface area contributed by atoms with Crippen LogP contribution in [-0.2, 0) is 15.1 Å². The average Bonchev–Trinajstić information content (AvgIpc) is 3.12. The van der Waals surface area contributed by atoms with E-state index in [1.807, 2.05) is 0 Å². The molecule has 0 saturated carbocycles. The summed E-state index contributed by atoms with van der Waals surface area (Å²) in [4.78, 5) is 25.6. The molecule has 0 fully saturated rings. The molecular formula is C25H22N2O8. The number of carboxylic acids is 1. The fourth-order valence-electron chi connectivity index (χ4n) is 4.81. The number of carbonyl (C=O) groups is 2. The lowest BCUT2D eigenvalue weighted by molar-refractivity contribution is 0.0218. The van der Waals surface area contributed by atoms with Crippen molar-refractivity contribution in [3.63, 3.8) is 0 Å². The summed E-state index contributed by atoms with van der Waals surface area (Å²) in [6.45, 7) is 0.172. The SMILES string of the molecule is NCCOC(CN)c1c(C(=O)O)ccc2c1C(=O)OC21c2ccc(O)cc2Oc2cc(O)ccc21. The fourth-order valence-corrected chi connectivity index (χ4v) is 4.81. The minimum atomic E-state index is -1.53. The van der Waals surface area contributed by atoms with Crippen LogP contribution < -0.4 is 16.2 Å². The zero-order valence-corrected chi connectivity index (χ0v) is 18.4. The third-order valence-corrected chi connectivity index (χ3v) is 6.19. The van der Waals surface area contributed by atoms with Gasteiger partial charge in [-0.3, -0.25) is 0 Å². The van der Waals surface area contributed by atoms with E-state index in [-0.39, 0.29) is 59.4 Å². The number of carbonyl (C=O) groups excluding carboxylic acids is 1. The predicted octanol–water partition coefficient (Wildman–Crippen LogP) is 2.34. The molecule has 2 aliphatic heterocycles. The topological polar surface area (TPSA) is 175 Å². The van der Waals surface area contributed by atoms with Crippen LogP contribution in [0.5, 0.6) is 23.0 Å². The normalized spacial score (nSPS) is 15.5. The Hall–Kier alpha value is -4.12. The number of esters is 1. The molecule has 3 aromatic carbocycles. The Labute approximate surface area is 199 Å². The summed E-state index contributed by atoms with van der Waals surface area (Å²) < 4.78 is 17.7. The van der Waals surface area contributed by atoms with E-state index in [2.05, 4.69) is 0 Å². The first kappa shape index (κ1) is 22.7. The molecule has 0 bridgehead atoms. The van der Waals surface area contributed by atoms with Gasteiger partial charge < -0.3 is 41.0 Å². The van der Waals surface area contributed by atoms with E-state index in [4.69, 9.17) is 25.7 Å². The summed E-state index contributed by atoms with van der Waals surface area (Å²) in [6, 6.07) is 11.6. The maximum absolute atomic E-state index is 13.5. The Kier molecular flexibility index (Phi) is 5.36. The van der Waals surface area contributed by atoms with Crippen molar-refractivity contribution in [3.8, 4) is 23.0 Å². The minimum Gasteiger partial charge on any atom is -0.508 e. The maximum atomic E-state index is 13.5. The maximum Gasteiger partial charge on any atom is 0.340 e. The lowest BCUT2D eigenvalue weighted by Gasteiger charge is -2.36. The predicted molar refractivity (Wildman–Crippen MR) is 122 cm³/mol. The molecule has 1 spiro atoms. The molecule has 7 N–H and O–H groups in total. The van der Waals surface area contributed by atoms with E-state index in [1.165, 1.54) is 36.4 Å². The first-order valence-corrected chi connectivity index (χ1v) is 10.8. The van der Waals surface area contributed by atoms with Crippen molar-refractivity contribution in [1.82, 2.24) is 0 Å². The largest absolute Gasteiger partial charge is 0.508 e. The van der Waals surface area contributed by atoms with Crippen LogP contribution in [-0.4, -0.2) is 47.0 Å². The summed E-state index contributed by atoms with van der Waals surface area (Å²) >= 11 is 0. The van der Waals surface area contributed by atoms with Crippen LogP contribution in [0.4, 0.5) is 0 Å². The molecule has 3 aromatic rings. The monoisotopic (exact) mass is 478 g/mol. The van der Waals surface area contributed by atoms with Gasteiger partial charge in [0.05, 0.1) is 23.8 Å². The summed E-state index contributed by atoms with van der Waals surface area (Å²) in [5.74, 6) is -1.76. The molecule has 0 saturated heterocycles. The summed E-state index contributed by atoms with van der Waals surface area (Å²) in [5.41, 5.74) is 11.1. The summed E-state index contributed by atoms with van der Waals surface area (Å²) in [7, 11) is 0. The lowest BCUT2D eigenvalue weighted by atomic mass is 9.76. The van der Waals surface area contributed by atoms with Crippen molar-refractivity contribution < 1.29 is 39.1 Å². The minimum absolute atomic E-state index is 0.0253. The van der Waals surface area contributed by atoms with Crippen molar-refractivity contribution in [1.29, 1.82) is 0 Å². The molecule has 5 rings (SSSR count).